The molecule has 0 aliphatic rings. The van der Waals surface area contributed by atoms with Gasteiger partial charge < -0.3 is 14.4 Å². The van der Waals surface area contributed by atoms with Crippen LogP contribution >= 0.6 is 0 Å². The van der Waals surface area contributed by atoms with Gasteiger partial charge in [0.1, 0.15) is 5.75 Å². The fourth-order valence-electron chi connectivity index (χ4n) is 1.87. The summed E-state index contributed by atoms with van der Waals surface area (Å²) in [5.74, 6) is 0.912. The van der Waals surface area contributed by atoms with E-state index in [4.69, 9.17) is 9.84 Å². The highest BCUT2D eigenvalue weighted by Crippen LogP contribution is 2.22. The highest BCUT2D eigenvalue weighted by Gasteiger charge is 2.02. The molecule has 0 bridgehead atoms. The maximum Gasteiger partial charge on any atom is 0.120 e. The van der Waals surface area contributed by atoms with Gasteiger partial charge in [-0.1, -0.05) is 0 Å². The van der Waals surface area contributed by atoms with Crippen LogP contribution in [0.2, 0.25) is 0 Å². The summed E-state index contributed by atoms with van der Waals surface area (Å²) in [5.41, 5.74) is 1.19. The number of aliphatic hydroxyl groups excluding tert-OH is 1. The lowest BCUT2D eigenvalue weighted by Crippen LogP contribution is -1.98. The van der Waals surface area contributed by atoms with E-state index in [1.807, 2.05) is 19.1 Å². The Labute approximate surface area is 95.3 Å². The molecule has 2 rings (SSSR count). The van der Waals surface area contributed by atoms with Crippen LogP contribution in [0.25, 0.3) is 10.9 Å². The topological polar surface area (TPSA) is 34.4 Å². The van der Waals surface area contributed by atoms with Crippen molar-refractivity contribution in [1.29, 1.82) is 0 Å². The van der Waals surface area contributed by atoms with E-state index in [0.717, 1.165) is 18.7 Å². The second-order valence-electron chi connectivity index (χ2n) is 3.74. The van der Waals surface area contributed by atoms with Crippen molar-refractivity contribution in [3.8, 4) is 5.75 Å². The Bertz CT molecular complexity index is 462. The van der Waals surface area contributed by atoms with Gasteiger partial charge in [-0.05, 0) is 37.6 Å². The number of nitrogens with zero attached hydrogens (tertiary/aromatic N) is 1. The van der Waals surface area contributed by atoms with Crippen LogP contribution in [0.5, 0.6) is 5.75 Å². The van der Waals surface area contributed by atoms with Gasteiger partial charge in [0.2, 0.25) is 0 Å². The van der Waals surface area contributed by atoms with Crippen molar-refractivity contribution in [1.82, 2.24) is 4.57 Å². The normalized spacial score (nSPS) is 10.9. The molecule has 0 unspecified atom stereocenters. The number of fused-ring (bicyclic) bond motifs is 1. The Morgan fingerprint density at radius 1 is 1.31 bits per heavy atom. The highest BCUT2D eigenvalue weighted by atomic mass is 16.5. The first-order valence-corrected chi connectivity index (χ1v) is 5.67. The number of ether oxygens (including phenoxy) is 1. The van der Waals surface area contributed by atoms with Crippen molar-refractivity contribution < 1.29 is 9.84 Å². The smallest absolute Gasteiger partial charge is 0.120 e. The van der Waals surface area contributed by atoms with Gasteiger partial charge in [0.05, 0.1) is 6.61 Å². The first-order chi connectivity index (χ1) is 7.85. The zero-order valence-corrected chi connectivity index (χ0v) is 9.52. The summed E-state index contributed by atoms with van der Waals surface area (Å²) in [6.45, 7) is 3.76. The molecule has 0 saturated carbocycles. The Balaban J connectivity index is 2.27. The quantitative estimate of drug-likeness (QED) is 0.838. The summed E-state index contributed by atoms with van der Waals surface area (Å²) in [6, 6.07) is 8.18. The van der Waals surface area contributed by atoms with E-state index >= 15 is 0 Å². The van der Waals surface area contributed by atoms with Gasteiger partial charge in [0, 0.05) is 30.3 Å². The third-order valence-electron chi connectivity index (χ3n) is 2.61. The maximum atomic E-state index is 8.82. The molecule has 0 spiro atoms. The molecule has 3 nitrogen and oxygen atoms in total. The Hall–Kier alpha value is -1.48. The predicted octanol–water partition coefficient (Wildman–Crippen LogP) is 2.42. The largest absolute Gasteiger partial charge is 0.494 e. The zero-order valence-electron chi connectivity index (χ0n) is 9.52. The van der Waals surface area contributed by atoms with Crippen LogP contribution in [0.3, 0.4) is 0 Å². The number of aromatic nitrogens is 1. The molecule has 0 aliphatic carbocycles. The van der Waals surface area contributed by atoms with Crippen molar-refractivity contribution in [2.75, 3.05) is 13.2 Å². The first-order valence-electron chi connectivity index (χ1n) is 5.67. The minimum Gasteiger partial charge on any atom is -0.494 e. The molecule has 2 aromatic rings. The summed E-state index contributed by atoms with van der Waals surface area (Å²) in [7, 11) is 0. The minimum absolute atomic E-state index is 0.233. The van der Waals surface area contributed by atoms with E-state index < -0.39 is 0 Å². The first kappa shape index (κ1) is 11.0. The summed E-state index contributed by atoms with van der Waals surface area (Å²) in [4.78, 5) is 0. The van der Waals surface area contributed by atoms with Crippen LogP contribution in [0.4, 0.5) is 0 Å². The molecule has 3 heteroatoms. The van der Waals surface area contributed by atoms with E-state index in [9.17, 15) is 0 Å². The lowest BCUT2D eigenvalue weighted by atomic mass is 10.2. The molecule has 16 heavy (non-hydrogen) atoms. The van der Waals surface area contributed by atoms with Gasteiger partial charge in [-0.15, -0.1) is 0 Å². The molecule has 1 heterocycles. The average molecular weight is 219 g/mol. The number of benzene rings is 1. The van der Waals surface area contributed by atoms with Gasteiger partial charge in [0.15, 0.2) is 0 Å². The molecule has 0 fully saturated rings. The SMILES string of the molecule is CCOc1ccc2c(ccn2CCCO)c1. The molecule has 86 valence electrons. The maximum absolute atomic E-state index is 8.82. The lowest BCUT2D eigenvalue weighted by molar-refractivity contribution is 0.280. The third kappa shape index (κ3) is 2.19. The monoisotopic (exact) mass is 219 g/mol. The van der Waals surface area contributed by atoms with Crippen LogP contribution in [0, 0.1) is 0 Å². The summed E-state index contributed by atoms with van der Waals surface area (Å²) in [5, 5.41) is 10.0. The molecule has 1 aromatic heterocycles. The molecule has 1 N–H and O–H groups in total. The fourth-order valence-corrected chi connectivity index (χ4v) is 1.87. The second kappa shape index (κ2) is 5.03. The Morgan fingerprint density at radius 3 is 2.94 bits per heavy atom. The minimum atomic E-state index is 0.233. The number of hydrogen-bond acceptors (Lipinski definition) is 2. The van der Waals surface area contributed by atoms with Crippen molar-refractivity contribution >= 4 is 10.9 Å². The summed E-state index contributed by atoms with van der Waals surface area (Å²) < 4.78 is 7.61. The van der Waals surface area contributed by atoms with Gasteiger partial charge >= 0.3 is 0 Å². The van der Waals surface area contributed by atoms with Gasteiger partial charge in [-0.3, -0.25) is 0 Å². The van der Waals surface area contributed by atoms with Crippen LogP contribution in [-0.2, 0) is 6.54 Å². The molecule has 0 amide bonds. The predicted molar refractivity (Wildman–Crippen MR) is 64.8 cm³/mol. The fraction of sp³-hybridized carbons (Fsp3) is 0.385. The molecule has 0 atom stereocenters. The van der Waals surface area contributed by atoms with E-state index in [1.54, 1.807) is 0 Å². The molecular weight excluding hydrogens is 202 g/mol. The van der Waals surface area contributed by atoms with Crippen molar-refractivity contribution in [2.24, 2.45) is 0 Å². The number of aryl methyl sites for hydroxylation is 1. The highest BCUT2D eigenvalue weighted by molar-refractivity contribution is 5.81. The van der Waals surface area contributed by atoms with Gasteiger partial charge in [-0.25, -0.2) is 0 Å². The van der Waals surface area contributed by atoms with E-state index in [-0.39, 0.29) is 6.61 Å². The average Bonchev–Trinajstić information content (AvgIpc) is 2.69. The van der Waals surface area contributed by atoms with E-state index in [2.05, 4.69) is 22.9 Å². The number of rotatable bonds is 5. The zero-order chi connectivity index (χ0) is 11.4. The summed E-state index contributed by atoms with van der Waals surface area (Å²) >= 11 is 0. The van der Waals surface area contributed by atoms with Crippen molar-refractivity contribution in [2.45, 2.75) is 19.9 Å². The van der Waals surface area contributed by atoms with Crippen molar-refractivity contribution in [3.63, 3.8) is 0 Å². The van der Waals surface area contributed by atoms with Gasteiger partial charge in [0.25, 0.3) is 0 Å². The second-order valence-corrected chi connectivity index (χ2v) is 3.74. The van der Waals surface area contributed by atoms with E-state index in [0.29, 0.717) is 6.61 Å². The summed E-state index contributed by atoms with van der Waals surface area (Å²) in [6.07, 6.45) is 2.84. The molecule has 0 saturated heterocycles. The van der Waals surface area contributed by atoms with Crippen LogP contribution < -0.4 is 4.74 Å². The third-order valence-corrected chi connectivity index (χ3v) is 2.61. The van der Waals surface area contributed by atoms with Crippen molar-refractivity contribution in [3.05, 3.63) is 30.5 Å². The molecule has 1 aromatic carbocycles. The Morgan fingerprint density at radius 2 is 2.19 bits per heavy atom. The van der Waals surface area contributed by atoms with Crippen LogP contribution in [0.15, 0.2) is 30.5 Å². The van der Waals surface area contributed by atoms with E-state index in [1.165, 1.54) is 10.9 Å². The Kier molecular flexibility index (Phi) is 3.47. The number of aliphatic hydroxyl groups is 1. The standard InChI is InChI=1S/C13H17NO2/c1-2-16-12-4-5-13-11(10-12)6-8-14(13)7-3-9-15/h4-6,8,10,15H,2-3,7,9H2,1H3. The van der Waals surface area contributed by atoms with Crippen LogP contribution in [0.1, 0.15) is 13.3 Å². The van der Waals surface area contributed by atoms with Crippen LogP contribution in [-0.4, -0.2) is 22.9 Å². The van der Waals surface area contributed by atoms with Gasteiger partial charge in [-0.2, -0.15) is 0 Å². The molecule has 0 aliphatic heterocycles. The number of hydrogen-bond donors (Lipinski definition) is 1. The molecule has 0 radical (unpaired) electrons. The lowest BCUT2D eigenvalue weighted by Gasteiger charge is -2.05. The molecular formula is C13H17NO2.